The minimum atomic E-state index is -0.0729. The summed E-state index contributed by atoms with van der Waals surface area (Å²) in [6, 6.07) is 0. The summed E-state index contributed by atoms with van der Waals surface area (Å²) in [6.45, 7) is 3.91. The Labute approximate surface area is 95.2 Å². The fourth-order valence-corrected chi connectivity index (χ4v) is 1.98. The maximum absolute atomic E-state index is 11.9. The number of nitrogens with zero attached hydrogens (tertiary/aromatic N) is 2. The molecule has 0 unspecified atom stereocenters. The highest BCUT2D eigenvalue weighted by Gasteiger charge is 2.17. The number of piperidine rings is 1. The second kappa shape index (κ2) is 5.12. The molecule has 5 nitrogen and oxygen atoms in total. The Bertz CT molecular complexity index is 355. The molecule has 16 heavy (non-hydrogen) atoms. The van der Waals surface area contributed by atoms with Gasteiger partial charge in [0.15, 0.2) is 0 Å². The van der Waals surface area contributed by atoms with E-state index in [1.54, 1.807) is 6.20 Å². The highest BCUT2D eigenvalue weighted by Crippen LogP contribution is 2.08. The molecule has 0 saturated carbocycles. The zero-order valence-electron chi connectivity index (χ0n) is 9.62. The van der Waals surface area contributed by atoms with Crippen LogP contribution < -0.4 is 5.43 Å². The van der Waals surface area contributed by atoms with Gasteiger partial charge < -0.3 is 0 Å². The van der Waals surface area contributed by atoms with Gasteiger partial charge in [0.25, 0.3) is 5.91 Å². The van der Waals surface area contributed by atoms with Crippen molar-refractivity contribution in [2.24, 2.45) is 0 Å². The first-order valence-corrected chi connectivity index (χ1v) is 5.89. The van der Waals surface area contributed by atoms with Crippen molar-refractivity contribution in [1.82, 2.24) is 20.6 Å². The second-order valence-corrected chi connectivity index (χ2v) is 4.11. The van der Waals surface area contributed by atoms with E-state index >= 15 is 0 Å². The summed E-state index contributed by atoms with van der Waals surface area (Å²) in [4.78, 5) is 11.9. The Balaban J connectivity index is 1.96. The Morgan fingerprint density at radius 3 is 2.94 bits per heavy atom. The van der Waals surface area contributed by atoms with E-state index in [-0.39, 0.29) is 5.91 Å². The van der Waals surface area contributed by atoms with Crippen molar-refractivity contribution in [1.29, 1.82) is 0 Å². The molecule has 1 aromatic heterocycles. The standard InChI is InChI=1S/C11H18N4O/c1-2-9-8-12-13-10(9)11(16)14-15-6-4-3-5-7-15/h8H,2-7H2,1H3,(H,12,13)(H,14,16). The lowest BCUT2D eigenvalue weighted by Crippen LogP contribution is -2.45. The summed E-state index contributed by atoms with van der Waals surface area (Å²) in [6.07, 6.45) is 6.11. The predicted octanol–water partition coefficient (Wildman–Crippen LogP) is 1.10. The molecule has 0 spiro atoms. The van der Waals surface area contributed by atoms with E-state index in [1.165, 1.54) is 6.42 Å². The van der Waals surface area contributed by atoms with Gasteiger partial charge in [-0.3, -0.25) is 15.3 Å². The molecule has 1 aromatic rings. The molecule has 0 aliphatic carbocycles. The van der Waals surface area contributed by atoms with Gasteiger partial charge in [-0.25, -0.2) is 5.01 Å². The van der Waals surface area contributed by atoms with Gasteiger partial charge in [0.1, 0.15) is 5.69 Å². The van der Waals surface area contributed by atoms with Crippen molar-refractivity contribution < 1.29 is 4.79 Å². The van der Waals surface area contributed by atoms with E-state index in [2.05, 4.69) is 15.6 Å². The number of hydrazine groups is 1. The molecule has 1 aliphatic heterocycles. The lowest BCUT2D eigenvalue weighted by molar-refractivity contribution is 0.0744. The predicted molar refractivity (Wildman–Crippen MR) is 60.9 cm³/mol. The SMILES string of the molecule is CCc1cn[nH]c1C(=O)NN1CCCCC1. The van der Waals surface area contributed by atoms with Crippen LogP contribution in [0.15, 0.2) is 6.20 Å². The summed E-state index contributed by atoms with van der Waals surface area (Å²) in [5.74, 6) is -0.0729. The van der Waals surface area contributed by atoms with Crippen molar-refractivity contribution in [3.8, 4) is 0 Å². The zero-order chi connectivity index (χ0) is 11.4. The van der Waals surface area contributed by atoms with E-state index < -0.39 is 0 Å². The van der Waals surface area contributed by atoms with Crippen molar-refractivity contribution >= 4 is 5.91 Å². The molecule has 1 amide bonds. The molecule has 0 atom stereocenters. The molecule has 0 aromatic carbocycles. The van der Waals surface area contributed by atoms with Crippen LogP contribution in [0, 0.1) is 0 Å². The van der Waals surface area contributed by atoms with E-state index in [4.69, 9.17) is 0 Å². The Morgan fingerprint density at radius 2 is 2.25 bits per heavy atom. The van der Waals surface area contributed by atoms with Crippen LogP contribution in [0.4, 0.5) is 0 Å². The first kappa shape index (κ1) is 11.1. The highest BCUT2D eigenvalue weighted by molar-refractivity contribution is 5.93. The molecule has 0 bridgehead atoms. The molecule has 1 saturated heterocycles. The van der Waals surface area contributed by atoms with E-state index in [0.29, 0.717) is 5.69 Å². The summed E-state index contributed by atoms with van der Waals surface area (Å²) < 4.78 is 0. The van der Waals surface area contributed by atoms with Gasteiger partial charge in [-0.2, -0.15) is 5.10 Å². The molecule has 2 N–H and O–H groups in total. The molecule has 5 heteroatoms. The van der Waals surface area contributed by atoms with Crippen LogP contribution in [0.2, 0.25) is 0 Å². The third kappa shape index (κ3) is 2.41. The van der Waals surface area contributed by atoms with E-state index in [9.17, 15) is 4.79 Å². The topological polar surface area (TPSA) is 61.0 Å². The van der Waals surface area contributed by atoms with Gasteiger partial charge in [0.05, 0.1) is 6.20 Å². The normalized spacial score (nSPS) is 17.3. The number of aromatic amines is 1. The van der Waals surface area contributed by atoms with Crippen LogP contribution >= 0.6 is 0 Å². The Kier molecular flexibility index (Phi) is 3.56. The lowest BCUT2D eigenvalue weighted by Gasteiger charge is -2.26. The summed E-state index contributed by atoms with van der Waals surface area (Å²) in [5.41, 5.74) is 4.48. The van der Waals surface area contributed by atoms with Crippen LogP contribution in [0.25, 0.3) is 0 Å². The Morgan fingerprint density at radius 1 is 1.50 bits per heavy atom. The van der Waals surface area contributed by atoms with Gasteiger partial charge in [0.2, 0.25) is 0 Å². The number of H-pyrrole nitrogens is 1. The summed E-state index contributed by atoms with van der Waals surface area (Å²) in [5, 5.41) is 8.65. The number of hydrogen-bond acceptors (Lipinski definition) is 3. The van der Waals surface area contributed by atoms with Crippen LogP contribution in [-0.2, 0) is 6.42 Å². The average Bonchev–Trinajstić information content (AvgIpc) is 2.78. The number of aromatic nitrogens is 2. The van der Waals surface area contributed by atoms with Crippen LogP contribution in [0.3, 0.4) is 0 Å². The second-order valence-electron chi connectivity index (χ2n) is 4.11. The molecular formula is C11H18N4O. The number of hydrogen-bond donors (Lipinski definition) is 2. The maximum Gasteiger partial charge on any atom is 0.283 e. The summed E-state index contributed by atoms with van der Waals surface area (Å²) >= 11 is 0. The van der Waals surface area contributed by atoms with Gasteiger partial charge in [-0.1, -0.05) is 13.3 Å². The molecule has 0 radical (unpaired) electrons. The summed E-state index contributed by atoms with van der Waals surface area (Å²) in [7, 11) is 0. The number of aryl methyl sites for hydroxylation is 1. The average molecular weight is 222 g/mol. The van der Waals surface area contributed by atoms with Crippen LogP contribution in [0.1, 0.15) is 42.2 Å². The Hall–Kier alpha value is -1.36. The van der Waals surface area contributed by atoms with Crippen LogP contribution in [-0.4, -0.2) is 34.2 Å². The van der Waals surface area contributed by atoms with Crippen molar-refractivity contribution in [2.75, 3.05) is 13.1 Å². The molecule has 1 fully saturated rings. The van der Waals surface area contributed by atoms with Crippen molar-refractivity contribution in [3.05, 3.63) is 17.5 Å². The highest BCUT2D eigenvalue weighted by atomic mass is 16.2. The van der Waals surface area contributed by atoms with Gasteiger partial charge in [0, 0.05) is 18.7 Å². The third-order valence-electron chi connectivity index (χ3n) is 2.94. The largest absolute Gasteiger partial charge is 0.283 e. The van der Waals surface area contributed by atoms with E-state index in [1.807, 2.05) is 11.9 Å². The number of carbonyl (C=O) groups is 1. The fraction of sp³-hybridized carbons (Fsp3) is 0.636. The zero-order valence-corrected chi connectivity index (χ0v) is 9.62. The third-order valence-corrected chi connectivity index (χ3v) is 2.94. The first-order valence-electron chi connectivity index (χ1n) is 5.89. The number of amides is 1. The van der Waals surface area contributed by atoms with Crippen molar-refractivity contribution in [2.45, 2.75) is 32.6 Å². The minimum absolute atomic E-state index is 0.0729. The smallest absolute Gasteiger partial charge is 0.283 e. The number of nitrogens with one attached hydrogen (secondary N) is 2. The molecule has 2 rings (SSSR count). The van der Waals surface area contributed by atoms with Crippen molar-refractivity contribution in [3.63, 3.8) is 0 Å². The van der Waals surface area contributed by atoms with Gasteiger partial charge in [-0.05, 0) is 19.3 Å². The molecular weight excluding hydrogens is 204 g/mol. The molecule has 88 valence electrons. The van der Waals surface area contributed by atoms with Gasteiger partial charge in [-0.15, -0.1) is 0 Å². The number of carbonyl (C=O) groups excluding carboxylic acids is 1. The maximum atomic E-state index is 11.9. The van der Waals surface area contributed by atoms with E-state index in [0.717, 1.165) is 37.9 Å². The quantitative estimate of drug-likeness (QED) is 0.805. The molecule has 2 heterocycles. The number of rotatable bonds is 3. The fourth-order valence-electron chi connectivity index (χ4n) is 1.98. The van der Waals surface area contributed by atoms with Gasteiger partial charge >= 0.3 is 0 Å². The lowest BCUT2D eigenvalue weighted by atomic mass is 10.1. The monoisotopic (exact) mass is 222 g/mol. The van der Waals surface area contributed by atoms with Crippen LogP contribution in [0.5, 0.6) is 0 Å². The first-order chi connectivity index (χ1) is 7.81. The molecule has 1 aliphatic rings. The minimum Gasteiger partial charge on any atom is -0.283 e.